The molecule has 0 fully saturated rings. The lowest BCUT2D eigenvalue weighted by Crippen LogP contribution is -2.24. The van der Waals surface area contributed by atoms with E-state index in [2.05, 4.69) is 5.32 Å². The fourth-order valence-electron chi connectivity index (χ4n) is 3.20. The monoisotopic (exact) mass is 404 g/mol. The number of Topliss-reactive ketones (excluding diaryl/α,β-unsaturated/α-hetero) is 1. The van der Waals surface area contributed by atoms with E-state index in [-0.39, 0.29) is 11.5 Å². The van der Waals surface area contributed by atoms with E-state index in [1.165, 1.54) is 12.1 Å². The van der Waals surface area contributed by atoms with Crippen LogP contribution in [0.5, 0.6) is 0 Å². The van der Waals surface area contributed by atoms with Gasteiger partial charge in [0.15, 0.2) is 0 Å². The summed E-state index contributed by atoms with van der Waals surface area (Å²) in [6, 6.07) is 20.5. The zero-order valence-electron chi connectivity index (χ0n) is 15.6. The van der Waals surface area contributed by atoms with Gasteiger partial charge >= 0.3 is 0 Å². The number of nitrogens with zero attached hydrogens (tertiary/aromatic N) is 1. The smallest absolute Gasteiger partial charge is 0.298 e. The van der Waals surface area contributed by atoms with Gasteiger partial charge < -0.3 is 9.72 Å². The molecule has 0 spiro atoms. The van der Waals surface area contributed by atoms with Gasteiger partial charge in [-0.1, -0.05) is 24.3 Å². The Morgan fingerprint density at radius 2 is 1.76 bits per heavy atom. The van der Waals surface area contributed by atoms with Gasteiger partial charge in [0.05, 0.1) is 0 Å². The number of pyridine rings is 1. The molecule has 2 aromatic carbocycles. The van der Waals surface area contributed by atoms with E-state index >= 15 is 0 Å². The molecule has 0 unspecified atom stereocenters. The van der Waals surface area contributed by atoms with Gasteiger partial charge in [0.25, 0.3) is 11.7 Å². The van der Waals surface area contributed by atoms with Gasteiger partial charge in [-0.3, -0.25) is 9.59 Å². The van der Waals surface area contributed by atoms with Crippen LogP contribution in [0.4, 0.5) is 10.1 Å². The van der Waals surface area contributed by atoms with Crippen molar-refractivity contribution in [2.24, 2.45) is 0 Å². The van der Waals surface area contributed by atoms with Crippen molar-refractivity contribution in [1.82, 2.24) is 4.40 Å². The first-order chi connectivity index (χ1) is 14.1. The topological polar surface area (TPSA) is 50.6 Å². The Bertz CT molecular complexity index is 1220. The van der Waals surface area contributed by atoms with E-state index in [0.717, 1.165) is 10.4 Å². The van der Waals surface area contributed by atoms with Gasteiger partial charge in [-0.25, -0.2) is 4.39 Å². The van der Waals surface area contributed by atoms with Crippen molar-refractivity contribution in [2.45, 2.75) is 4.90 Å². The number of thioether (sulfide) groups is 1. The minimum Gasteiger partial charge on any atom is -0.319 e. The summed E-state index contributed by atoms with van der Waals surface area (Å²) in [5.41, 5.74) is 2.81. The molecule has 144 valence electrons. The quantitative estimate of drug-likeness (QED) is 0.279. The van der Waals surface area contributed by atoms with Crippen LogP contribution in [0.15, 0.2) is 83.9 Å². The number of carbonyl (C=O) groups is 2. The molecule has 29 heavy (non-hydrogen) atoms. The highest BCUT2D eigenvalue weighted by Gasteiger charge is 2.25. The molecule has 0 aliphatic rings. The van der Waals surface area contributed by atoms with Crippen molar-refractivity contribution in [3.05, 3.63) is 90.5 Å². The number of aromatic nitrogens is 1. The molecule has 1 amide bonds. The Morgan fingerprint density at radius 3 is 2.52 bits per heavy atom. The lowest BCUT2D eigenvalue weighted by molar-refractivity contribution is -0.112. The molecule has 0 saturated heterocycles. The second-order valence-electron chi connectivity index (χ2n) is 6.42. The first-order valence-corrected chi connectivity index (χ1v) is 10.1. The van der Waals surface area contributed by atoms with Gasteiger partial charge in [-0.2, -0.15) is 0 Å². The van der Waals surface area contributed by atoms with Crippen LogP contribution in [-0.2, 0) is 4.79 Å². The Hall–Kier alpha value is -3.38. The minimum atomic E-state index is -0.726. The highest BCUT2D eigenvalue weighted by Crippen LogP contribution is 2.29. The van der Waals surface area contributed by atoms with Crippen LogP contribution in [0.1, 0.15) is 10.5 Å². The number of ketones is 1. The number of rotatable bonds is 5. The molecule has 0 saturated carbocycles. The molecule has 4 nitrogen and oxygen atoms in total. The number of anilines is 1. The van der Waals surface area contributed by atoms with Gasteiger partial charge in [-0.15, -0.1) is 11.8 Å². The molecular formula is C23H17FN2O2S. The number of carbonyl (C=O) groups excluding carboxylic acids is 2. The minimum absolute atomic E-state index is 0.241. The molecule has 4 aromatic rings. The fraction of sp³-hybridized carbons (Fsp3) is 0.0435. The summed E-state index contributed by atoms with van der Waals surface area (Å²) in [4.78, 5) is 26.9. The second-order valence-corrected chi connectivity index (χ2v) is 7.30. The van der Waals surface area contributed by atoms with Gasteiger partial charge in [0, 0.05) is 27.9 Å². The standard InChI is InChI=1S/C23H17FN2O2S/c1-29-19-7-4-5-17(13-19)25-23(28)22(27)21-20(15-8-10-16(24)11-9-15)14-18-6-2-3-12-26(18)21/h2-14H,1H3,(H,25,28). The molecule has 6 heteroatoms. The lowest BCUT2D eigenvalue weighted by atomic mass is 10.0. The number of hydrogen-bond acceptors (Lipinski definition) is 3. The fourth-order valence-corrected chi connectivity index (χ4v) is 3.66. The van der Waals surface area contributed by atoms with E-state index in [1.807, 2.05) is 42.7 Å². The number of halogens is 1. The van der Waals surface area contributed by atoms with E-state index in [9.17, 15) is 14.0 Å². The summed E-state index contributed by atoms with van der Waals surface area (Å²) in [5, 5.41) is 2.68. The Labute approximate surface area is 171 Å². The van der Waals surface area contributed by atoms with Crippen LogP contribution in [0.2, 0.25) is 0 Å². The third kappa shape index (κ3) is 3.79. The summed E-state index contributed by atoms with van der Waals surface area (Å²) >= 11 is 1.55. The molecule has 0 atom stereocenters. The maximum absolute atomic E-state index is 13.4. The van der Waals surface area contributed by atoms with E-state index in [4.69, 9.17) is 0 Å². The Balaban J connectivity index is 1.75. The predicted molar refractivity (Wildman–Crippen MR) is 114 cm³/mol. The third-order valence-electron chi connectivity index (χ3n) is 4.58. The normalized spacial score (nSPS) is 10.8. The van der Waals surface area contributed by atoms with E-state index in [0.29, 0.717) is 16.8 Å². The van der Waals surface area contributed by atoms with E-state index in [1.54, 1.807) is 46.6 Å². The summed E-state index contributed by atoms with van der Waals surface area (Å²) in [6.45, 7) is 0. The van der Waals surface area contributed by atoms with Crippen molar-refractivity contribution < 1.29 is 14.0 Å². The molecule has 0 aliphatic heterocycles. The summed E-state index contributed by atoms with van der Waals surface area (Å²) < 4.78 is 15.0. The third-order valence-corrected chi connectivity index (χ3v) is 5.31. The Kier molecular flexibility index (Phi) is 5.18. The van der Waals surface area contributed by atoms with Crippen LogP contribution in [0, 0.1) is 5.82 Å². The number of nitrogens with one attached hydrogen (secondary N) is 1. The summed E-state index contributed by atoms with van der Waals surface area (Å²) in [6.07, 6.45) is 3.67. The Morgan fingerprint density at radius 1 is 0.966 bits per heavy atom. The van der Waals surface area contributed by atoms with Gasteiger partial charge in [0.1, 0.15) is 11.5 Å². The molecule has 0 radical (unpaired) electrons. The molecule has 2 heterocycles. The highest BCUT2D eigenvalue weighted by molar-refractivity contribution is 7.98. The van der Waals surface area contributed by atoms with Crippen molar-refractivity contribution >= 4 is 34.7 Å². The molecule has 0 bridgehead atoms. The molecule has 2 aromatic heterocycles. The molecule has 4 rings (SSSR count). The van der Waals surface area contributed by atoms with Crippen molar-refractivity contribution in [1.29, 1.82) is 0 Å². The van der Waals surface area contributed by atoms with Gasteiger partial charge in [-0.05, 0) is 60.4 Å². The van der Waals surface area contributed by atoms with Crippen molar-refractivity contribution in [2.75, 3.05) is 11.6 Å². The number of fused-ring (bicyclic) bond motifs is 1. The average molecular weight is 404 g/mol. The molecular weight excluding hydrogens is 387 g/mol. The van der Waals surface area contributed by atoms with Crippen LogP contribution in [-0.4, -0.2) is 22.3 Å². The van der Waals surface area contributed by atoms with Crippen molar-refractivity contribution in [3.63, 3.8) is 0 Å². The zero-order valence-corrected chi connectivity index (χ0v) is 16.4. The first kappa shape index (κ1) is 19.0. The predicted octanol–water partition coefficient (Wildman–Crippen LogP) is 5.29. The largest absolute Gasteiger partial charge is 0.319 e. The van der Waals surface area contributed by atoms with Gasteiger partial charge in [0.2, 0.25) is 0 Å². The summed E-state index contributed by atoms with van der Waals surface area (Å²) in [7, 11) is 0. The summed E-state index contributed by atoms with van der Waals surface area (Å²) in [5.74, 6) is -1.75. The number of amides is 1. The molecule has 1 N–H and O–H groups in total. The van der Waals surface area contributed by atoms with Crippen molar-refractivity contribution in [3.8, 4) is 11.1 Å². The highest BCUT2D eigenvalue weighted by atomic mass is 32.2. The number of hydrogen-bond donors (Lipinski definition) is 1. The number of benzene rings is 2. The van der Waals surface area contributed by atoms with Crippen LogP contribution in [0.25, 0.3) is 16.6 Å². The zero-order chi connectivity index (χ0) is 20.4. The van der Waals surface area contributed by atoms with Crippen LogP contribution < -0.4 is 5.32 Å². The first-order valence-electron chi connectivity index (χ1n) is 8.92. The van der Waals surface area contributed by atoms with E-state index < -0.39 is 11.7 Å². The molecule has 0 aliphatic carbocycles. The van der Waals surface area contributed by atoms with Crippen LogP contribution in [0.3, 0.4) is 0 Å². The average Bonchev–Trinajstić information content (AvgIpc) is 3.13. The van der Waals surface area contributed by atoms with Crippen LogP contribution >= 0.6 is 11.8 Å². The lowest BCUT2D eigenvalue weighted by Gasteiger charge is -2.08. The SMILES string of the molecule is CSc1cccc(NC(=O)C(=O)c2c(-c3ccc(F)cc3)cc3ccccn23)c1. The maximum Gasteiger partial charge on any atom is 0.298 e. The second kappa shape index (κ2) is 7.93. The maximum atomic E-state index is 13.4.